The van der Waals surface area contributed by atoms with Crippen LogP contribution in [0.3, 0.4) is 0 Å². The minimum absolute atomic E-state index is 0.382. The molecule has 108 valence electrons. The summed E-state index contributed by atoms with van der Waals surface area (Å²) in [5.41, 5.74) is 6.07. The van der Waals surface area contributed by atoms with E-state index in [4.69, 9.17) is 10.8 Å². The first kappa shape index (κ1) is 16.0. The second-order valence-corrected chi connectivity index (χ2v) is 5.10. The first-order valence-electron chi connectivity index (χ1n) is 5.81. The Bertz CT molecular complexity index is 545. The first-order chi connectivity index (χ1) is 9.35. The zero-order valence-electron chi connectivity index (χ0n) is 11.2. The minimum atomic E-state index is -1.32. The number of rotatable bonds is 6. The molecule has 0 aliphatic carbocycles. The van der Waals surface area contributed by atoms with Crippen LogP contribution in [-0.2, 0) is 9.59 Å². The smallest absolute Gasteiger partial charge is 0.326 e. The molecule has 0 saturated carbocycles. The zero-order chi connectivity index (χ0) is 15.3. The molecule has 1 unspecified atom stereocenters. The number of thioether (sulfide) groups is 1. The number of benzene rings is 1. The molecule has 0 bridgehead atoms. The predicted octanol–water partition coefficient (Wildman–Crippen LogP) is 0.775. The molecule has 0 radical (unpaired) electrons. The van der Waals surface area contributed by atoms with Crippen LogP contribution in [0.2, 0.25) is 0 Å². The Kier molecular flexibility index (Phi) is 5.57. The molecule has 1 rings (SSSR count). The highest BCUT2D eigenvalue weighted by Gasteiger charge is 2.23. The van der Waals surface area contributed by atoms with Crippen LogP contribution in [0.1, 0.15) is 22.3 Å². The summed E-state index contributed by atoms with van der Waals surface area (Å²) >= 11 is 1.47. The van der Waals surface area contributed by atoms with E-state index < -0.39 is 30.2 Å². The Hall–Kier alpha value is -2.02. The molecule has 0 aliphatic rings. The Labute approximate surface area is 120 Å². The van der Waals surface area contributed by atoms with Crippen molar-refractivity contribution in [1.82, 2.24) is 5.32 Å². The first-order valence-corrected chi connectivity index (χ1v) is 7.04. The fraction of sp³-hybridized carbons (Fsp3) is 0.308. The van der Waals surface area contributed by atoms with Gasteiger partial charge in [-0.25, -0.2) is 4.79 Å². The minimum Gasteiger partial charge on any atom is -0.480 e. The lowest BCUT2D eigenvalue weighted by Crippen LogP contribution is -2.43. The van der Waals surface area contributed by atoms with Gasteiger partial charge in [-0.2, -0.15) is 0 Å². The number of primary amides is 1. The van der Waals surface area contributed by atoms with Crippen molar-refractivity contribution in [3.63, 3.8) is 0 Å². The number of carboxylic acid groups (broad SMARTS) is 1. The third kappa shape index (κ3) is 4.27. The number of carbonyl (C=O) groups is 3. The van der Waals surface area contributed by atoms with Crippen LogP contribution in [0, 0.1) is 6.92 Å². The standard InChI is InChI=1S/C13H16N2O4S/c1-7-3-4-8(20-2)5-9(7)12(17)15-10(13(18)19)6-11(14)16/h3-5,10H,6H2,1-2H3,(H2,14,16)(H,15,17)(H,18,19). The Morgan fingerprint density at radius 1 is 1.40 bits per heavy atom. The summed E-state index contributed by atoms with van der Waals surface area (Å²) in [6, 6.07) is 4.01. The maximum absolute atomic E-state index is 12.1. The van der Waals surface area contributed by atoms with Crippen LogP contribution in [0.15, 0.2) is 23.1 Å². The number of nitrogens with two attached hydrogens (primary N) is 1. The molecule has 0 heterocycles. The van der Waals surface area contributed by atoms with Crippen molar-refractivity contribution < 1.29 is 19.5 Å². The second-order valence-electron chi connectivity index (χ2n) is 4.22. The number of aryl methyl sites for hydroxylation is 1. The predicted molar refractivity (Wildman–Crippen MR) is 75.7 cm³/mol. The quantitative estimate of drug-likeness (QED) is 0.672. The third-order valence-electron chi connectivity index (χ3n) is 2.70. The van der Waals surface area contributed by atoms with E-state index in [0.29, 0.717) is 5.56 Å². The van der Waals surface area contributed by atoms with Crippen LogP contribution in [0.4, 0.5) is 0 Å². The Morgan fingerprint density at radius 3 is 2.55 bits per heavy atom. The lowest BCUT2D eigenvalue weighted by atomic mass is 10.1. The largest absolute Gasteiger partial charge is 0.480 e. The molecule has 0 fully saturated rings. The summed E-state index contributed by atoms with van der Waals surface area (Å²) in [6.07, 6.45) is 1.43. The fourth-order valence-electron chi connectivity index (χ4n) is 1.61. The maximum Gasteiger partial charge on any atom is 0.326 e. The van der Waals surface area contributed by atoms with E-state index in [2.05, 4.69) is 5.32 Å². The average Bonchev–Trinajstić information content (AvgIpc) is 2.37. The summed E-state index contributed by atoms with van der Waals surface area (Å²) < 4.78 is 0. The maximum atomic E-state index is 12.1. The molecule has 2 amide bonds. The normalized spacial score (nSPS) is 11.7. The molecule has 7 heteroatoms. The molecule has 1 atom stereocenters. The highest BCUT2D eigenvalue weighted by Crippen LogP contribution is 2.19. The van der Waals surface area contributed by atoms with E-state index in [-0.39, 0.29) is 0 Å². The van der Waals surface area contributed by atoms with Crippen LogP contribution < -0.4 is 11.1 Å². The van der Waals surface area contributed by atoms with Gasteiger partial charge < -0.3 is 16.2 Å². The number of hydrogen-bond donors (Lipinski definition) is 3. The lowest BCUT2D eigenvalue weighted by molar-refractivity contribution is -0.140. The molecule has 0 spiro atoms. The molecule has 6 nitrogen and oxygen atoms in total. The second kappa shape index (κ2) is 6.95. The van der Waals surface area contributed by atoms with E-state index in [1.165, 1.54) is 11.8 Å². The fourth-order valence-corrected chi connectivity index (χ4v) is 2.05. The van der Waals surface area contributed by atoms with Gasteiger partial charge in [0.2, 0.25) is 5.91 Å². The molecular formula is C13H16N2O4S. The van der Waals surface area contributed by atoms with Crippen molar-refractivity contribution in [3.05, 3.63) is 29.3 Å². The topological polar surface area (TPSA) is 109 Å². The van der Waals surface area contributed by atoms with E-state index in [9.17, 15) is 14.4 Å². The van der Waals surface area contributed by atoms with Crippen molar-refractivity contribution in [1.29, 1.82) is 0 Å². The van der Waals surface area contributed by atoms with Crippen molar-refractivity contribution in [2.75, 3.05) is 6.26 Å². The van der Waals surface area contributed by atoms with Gasteiger partial charge in [-0.1, -0.05) is 6.07 Å². The summed E-state index contributed by atoms with van der Waals surface area (Å²) in [6.45, 7) is 1.75. The van der Waals surface area contributed by atoms with E-state index in [0.717, 1.165) is 10.5 Å². The molecule has 0 aromatic heterocycles. The molecule has 4 N–H and O–H groups in total. The van der Waals surface area contributed by atoms with Gasteiger partial charge in [0.15, 0.2) is 0 Å². The third-order valence-corrected chi connectivity index (χ3v) is 3.42. The Balaban J connectivity index is 2.94. The average molecular weight is 296 g/mol. The monoisotopic (exact) mass is 296 g/mol. The van der Waals surface area contributed by atoms with Gasteiger partial charge in [0.1, 0.15) is 6.04 Å². The molecule has 1 aromatic carbocycles. The van der Waals surface area contributed by atoms with Gasteiger partial charge >= 0.3 is 5.97 Å². The van der Waals surface area contributed by atoms with Crippen LogP contribution >= 0.6 is 11.8 Å². The van der Waals surface area contributed by atoms with E-state index in [1.807, 2.05) is 12.3 Å². The van der Waals surface area contributed by atoms with E-state index >= 15 is 0 Å². The van der Waals surface area contributed by atoms with Gasteiger partial charge in [0.25, 0.3) is 5.91 Å². The molecule has 1 aromatic rings. The molecule has 20 heavy (non-hydrogen) atoms. The lowest BCUT2D eigenvalue weighted by Gasteiger charge is -2.14. The summed E-state index contributed by atoms with van der Waals surface area (Å²) in [5.74, 6) is -2.62. The zero-order valence-corrected chi connectivity index (χ0v) is 12.0. The molecule has 0 saturated heterocycles. The highest BCUT2D eigenvalue weighted by atomic mass is 32.2. The number of carboxylic acids is 1. The number of hydrogen-bond acceptors (Lipinski definition) is 4. The SMILES string of the molecule is CSc1ccc(C)c(C(=O)NC(CC(N)=O)C(=O)O)c1. The van der Waals surface area contributed by atoms with Crippen molar-refractivity contribution >= 4 is 29.5 Å². The summed E-state index contributed by atoms with van der Waals surface area (Å²) in [4.78, 5) is 34.8. The Morgan fingerprint density at radius 2 is 2.05 bits per heavy atom. The highest BCUT2D eigenvalue weighted by molar-refractivity contribution is 7.98. The van der Waals surface area contributed by atoms with Gasteiger partial charge in [-0.15, -0.1) is 11.8 Å². The van der Waals surface area contributed by atoms with Gasteiger partial charge in [-0.3, -0.25) is 9.59 Å². The van der Waals surface area contributed by atoms with Gasteiger partial charge in [0.05, 0.1) is 6.42 Å². The van der Waals surface area contributed by atoms with Crippen molar-refractivity contribution in [2.45, 2.75) is 24.3 Å². The van der Waals surface area contributed by atoms with Crippen LogP contribution in [0.5, 0.6) is 0 Å². The summed E-state index contributed by atoms with van der Waals surface area (Å²) in [7, 11) is 0. The van der Waals surface area contributed by atoms with Crippen molar-refractivity contribution in [3.8, 4) is 0 Å². The van der Waals surface area contributed by atoms with E-state index in [1.54, 1.807) is 19.1 Å². The van der Waals surface area contributed by atoms with Crippen LogP contribution in [-0.4, -0.2) is 35.2 Å². The summed E-state index contributed by atoms with van der Waals surface area (Å²) in [5, 5.41) is 11.3. The molecule has 0 aliphatic heterocycles. The van der Waals surface area contributed by atoms with Gasteiger partial charge in [0, 0.05) is 10.5 Å². The number of carbonyl (C=O) groups excluding carboxylic acids is 2. The number of aliphatic carboxylic acids is 1. The number of amides is 2. The van der Waals surface area contributed by atoms with Gasteiger partial charge in [-0.05, 0) is 30.9 Å². The molecular weight excluding hydrogens is 280 g/mol. The van der Waals surface area contributed by atoms with Crippen molar-refractivity contribution in [2.24, 2.45) is 5.73 Å². The van der Waals surface area contributed by atoms with Crippen LogP contribution in [0.25, 0.3) is 0 Å². The number of nitrogens with one attached hydrogen (secondary N) is 1.